The topological polar surface area (TPSA) is 29.1 Å². The molecule has 0 aliphatic heterocycles. The number of para-hydroxylation sites is 1. The van der Waals surface area contributed by atoms with Crippen LogP contribution in [0.5, 0.6) is 0 Å². The summed E-state index contributed by atoms with van der Waals surface area (Å²) < 4.78 is 0. The number of hydrogen-bond acceptors (Lipinski definition) is 1. The van der Waals surface area contributed by atoms with Gasteiger partial charge in [-0.25, -0.2) is 0 Å². The van der Waals surface area contributed by atoms with Crippen LogP contribution < -0.4 is 5.32 Å². The van der Waals surface area contributed by atoms with Crippen LogP contribution in [-0.4, -0.2) is 5.91 Å². The highest BCUT2D eigenvalue weighted by Crippen LogP contribution is 2.16. The highest BCUT2D eigenvalue weighted by Gasteiger charge is 2.07. The first-order valence-corrected chi connectivity index (χ1v) is 6.16. The van der Waals surface area contributed by atoms with Crippen molar-refractivity contribution in [1.29, 1.82) is 0 Å². The number of aryl methyl sites for hydroxylation is 2. The molecule has 0 heterocycles. The quantitative estimate of drug-likeness (QED) is 0.867. The van der Waals surface area contributed by atoms with Gasteiger partial charge >= 0.3 is 0 Å². The fourth-order valence-electron chi connectivity index (χ4n) is 1.93. The maximum atomic E-state index is 12.1. The molecule has 2 rings (SSSR count). The van der Waals surface area contributed by atoms with Crippen LogP contribution in [0.2, 0.25) is 0 Å². The molecule has 0 spiro atoms. The second-order valence-electron chi connectivity index (χ2n) is 4.33. The zero-order chi connectivity index (χ0) is 13.0. The van der Waals surface area contributed by atoms with Gasteiger partial charge in [-0.05, 0) is 37.1 Å². The summed E-state index contributed by atoms with van der Waals surface area (Å²) in [5, 5.41) is 2.97. The standard InChI is InChI=1S/C16H17NO/c1-3-13-8-4-5-10-15(13)17-16(18)14-9-6-7-12(2)11-14/h4-11H,3H2,1-2H3,(H,17,18). The molecule has 18 heavy (non-hydrogen) atoms. The van der Waals surface area contributed by atoms with E-state index in [-0.39, 0.29) is 5.91 Å². The number of nitrogens with one attached hydrogen (secondary N) is 1. The van der Waals surface area contributed by atoms with Crippen LogP contribution in [0, 0.1) is 6.92 Å². The minimum absolute atomic E-state index is 0.0559. The predicted octanol–water partition coefficient (Wildman–Crippen LogP) is 3.81. The van der Waals surface area contributed by atoms with E-state index in [4.69, 9.17) is 0 Å². The SMILES string of the molecule is CCc1ccccc1NC(=O)c1cccc(C)c1. The monoisotopic (exact) mass is 239 g/mol. The smallest absolute Gasteiger partial charge is 0.255 e. The predicted molar refractivity (Wildman–Crippen MR) is 75.0 cm³/mol. The molecule has 0 atom stereocenters. The Bertz CT molecular complexity index is 561. The van der Waals surface area contributed by atoms with Crippen LogP contribution in [0.15, 0.2) is 48.5 Å². The summed E-state index contributed by atoms with van der Waals surface area (Å²) in [5.74, 6) is -0.0559. The van der Waals surface area contributed by atoms with Gasteiger partial charge in [0.05, 0.1) is 0 Å². The number of hydrogen-bond donors (Lipinski definition) is 1. The fourth-order valence-corrected chi connectivity index (χ4v) is 1.93. The normalized spacial score (nSPS) is 10.1. The molecule has 2 nitrogen and oxygen atoms in total. The summed E-state index contributed by atoms with van der Waals surface area (Å²) in [6, 6.07) is 15.5. The first-order chi connectivity index (χ1) is 8.70. The van der Waals surface area contributed by atoms with E-state index >= 15 is 0 Å². The number of benzene rings is 2. The van der Waals surface area contributed by atoms with Gasteiger partial charge < -0.3 is 5.32 Å². The summed E-state index contributed by atoms with van der Waals surface area (Å²) in [4.78, 5) is 12.1. The Labute approximate surface area is 108 Å². The first kappa shape index (κ1) is 12.4. The lowest BCUT2D eigenvalue weighted by atomic mass is 10.1. The molecule has 92 valence electrons. The molecule has 0 aliphatic rings. The summed E-state index contributed by atoms with van der Waals surface area (Å²) in [6.45, 7) is 4.06. The Morgan fingerprint density at radius 3 is 2.61 bits per heavy atom. The molecule has 0 fully saturated rings. The van der Waals surface area contributed by atoms with Gasteiger partial charge in [-0.15, -0.1) is 0 Å². The molecule has 0 aromatic heterocycles. The van der Waals surface area contributed by atoms with E-state index in [0.717, 1.165) is 23.2 Å². The van der Waals surface area contributed by atoms with Gasteiger partial charge in [0.2, 0.25) is 0 Å². The Balaban J connectivity index is 2.21. The zero-order valence-electron chi connectivity index (χ0n) is 10.7. The van der Waals surface area contributed by atoms with E-state index in [1.807, 2.05) is 55.5 Å². The summed E-state index contributed by atoms with van der Waals surface area (Å²) >= 11 is 0. The van der Waals surface area contributed by atoms with Crippen LogP contribution in [0.3, 0.4) is 0 Å². The molecule has 2 aromatic carbocycles. The van der Waals surface area contributed by atoms with Crippen LogP contribution in [0.25, 0.3) is 0 Å². The number of anilines is 1. The molecule has 0 radical (unpaired) electrons. The maximum Gasteiger partial charge on any atom is 0.255 e. The minimum Gasteiger partial charge on any atom is -0.322 e. The van der Waals surface area contributed by atoms with Gasteiger partial charge in [-0.2, -0.15) is 0 Å². The number of carbonyl (C=O) groups excluding carboxylic acids is 1. The average molecular weight is 239 g/mol. The van der Waals surface area contributed by atoms with E-state index in [9.17, 15) is 4.79 Å². The molecule has 2 aromatic rings. The molecule has 1 amide bonds. The average Bonchev–Trinajstić information content (AvgIpc) is 2.39. The summed E-state index contributed by atoms with van der Waals surface area (Å²) in [5.41, 5.74) is 3.83. The summed E-state index contributed by atoms with van der Waals surface area (Å²) in [7, 11) is 0. The van der Waals surface area contributed by atoms with Crippen molar-refractivity contribution in [1.82, 2.24) is 0 Å². The van der Waals surface area contributed by atoms with Crippen molar-refractivity contribution < 1.29 is 4.79 Å². The molecule has 0 unspecified atom stereocenters. The Hall–Kier alpha value is -2.09. The van der Waals surface area contributed by atoms with Gasteiger partial charge in [0.25, 0.3) is 5.91 Å². The molecule has 0 aliphatic carbocycles. The number of carbonyl (C=O) groups is 1. The van der Waals surface area contributed by atoms with Gasteiger partial charge in [0, 0.05) is 11.3 Å². The van der Waals surface area contributed by atoms with Crippen LogP contribution in [0.1, 0.15) is 28.4 Å². The molecular formula is C16H17NO. The van der Waals surface area contributed by atoms with E-state index in [1.54, 1.807) is 0 Å². The lowest BCUT2D eigenvalue weighted by Gasteiger charge is -2.09. The Kier molecular flexibility index (Phi) is 3.78. The third-order valence-electron chi connectivity index (χ3n) is 2.93. The molecule has 0 saturated carbocycles. The van der Waals surface area contributed by atoms with Gasteiger partial charge in [0.15, 0.2) is 0 Å². The molecule has 0 bridgehead atoms. The number of amides is 1. The van der Waals surface area contributed by atoms with Crippen molar-refractivity contribution in [2.24, 2.45) is 0 Å². The minimum atomic E-state index is -0.0559. The Morgan fingerprint density at radius 1 is 1.11 bits per heavy atom. The van der Waals surface area contributed by atoms with Crippen molar-refractivity contribution in [3.8, 4) is 0 Å². The van der Waals surface area contributed by atoms with E-state index in [0.29, 0.717) is 5.56 Å². The second-order valence-corrected chi connectivity index (χ2v) is 4.33. The lowest BCUT2D eigenvalue weighted by Crippen LogP contribution is -2.13. The third kappa shape index (κ3) is 2.77. The van der Waals surface area contributed by atoms with Gasteiger partial charge in [-0.3, -0.25) is 4.79 Å². The van der Waals surface area contributed by atoms with E-state index < -0.39 is 0 Å². The number of rotatable bonds is 3. The summed E-state index contributed by atoms with van der Waals surface area (Å²) in [6.07, 6.45) is 0.907. The van der Waals surface area contributed by atoms with Crippen molar-refractivity contribution in [3.05, 3.63) is 65.2 Å². The maximum absolute atomic E-state index is 12.1. The first-order valence-electron chi connectivity index (χ1n) is 6.16. The molecule has 1 N–H and O–H groups in total. The highest BCUT2D eigenvalue weighted by atomic mass is 16.1. The Morgan fingerprint density at radius 2 is 1.89 bits per heavy atom. The van der Waals surface area contributed by atoms with Gasteiger partial charge in [0.1, 0.15) is 0 Å². The largest absolute Gasteiger partial charge is 0.322 e. The molecule has 2 heteroatoms. The lowest BCUT2D eigenvalue weighted by molar-refractivity contribution is 0.102. The van der Waals surface area contributed by atoms with E-state index in [1.165, 1.54) is 0 Å². The van der Waals surface area contributed by atoms with Gasteiger partial charge in [-0.1, -0.05) is 42.8 Å². The van der Waals surface area contributed by atoms with Crippen molar-refractivity contribution >= 4 is 11.6 Å². The molecular weight excluding hydrogens is 222 g/mol. The fraction of sp³-hybridized carbons (Fsp3) is 0.188. The van der Waals surface area contributed by atoms with Crippen molar-refractivity contribution in [2.75, 3.05) is 5.32 Å². The van der Waals surface area contributed by atoms with E-state index in [2.05, 4.69) is 12.2 Å². The van der Waals surface area contributed by atoms with Crippen molar-refractivity contribution in [2.45, 2.75) is 20.3 Å². The van der Waals surface area contributed by atoms with Crippen LogP contribution >= 0.6 is 0 Å². The molecule has 0 saturated heterocycles. The second kappa shape index (κ2) is 5.50. The highest BCUT2D eigenvalue weighted by molar-refractivity contribution is 6.04. The van der Waals surface area contributed by atoms with Crippen LogP contribution in [-0.2, 0) is 6.42 Å². The van der Waals surface area contributed by atoms with Crippen LogP contribution in [0.4, 0.5) is 5.69 Å². The third-order valence-corrected chi connectivity index (χ3v) is 2.93. The zero-order valence-corrected chi connectivity index (χ0v) is 10.7. The van der Waals surface area contributed by atoms with Crippen molar-refractivity contribution in [3.63, 3.8) is 0 Å².